The Morgan fingerprint density at radius 1 is 1.19 bits per heavy atom. The average molecular weight is 293 g/mol. The lowest BCUT2D eigenvalue weighted by Crippen LogP contribution is -2.29. The molecule has 0 aliphatic rings. The molecule has 0 unspecified atom stereocenters. The van der Waals surface area contributed by atoms with Gasteiger partial charge in [-0.1, -0.05) is 39.8 Å². The molecule has 0 radical (unpaired) electrons. The summed E-state index contributed by atoms with van der Waals surface area (Å²) >= 11 is 0. The monoisotopic (exact) mass is 293 g/mol. The van der Waals surface area contributed by atoms with Gasteiger partial charge in [0.15, 0.2) is 0 Å². The molecule has 0 heterocycles. The maximum Gasteiger partial charge on any atom is 0.119 e. The van der Waals surface area contributed by atoms with Crippen LogP contribution in [0, 0.1) is 11.3 Å². The summed E-state index contributed by atoms with van der Waals surface area (Å²) in [6, 6.07) is 8.29. The van der Waals surface area contributed by atoms with E-state index in [1.807, 2.05) is 12.1 Å². The van der Waals surface area contributed by atoms with E-state index in [2.05, 4.69) is 45.1 Å². The highest BCUT2D eigenvalue weighted by Gasteiger charge is 2.16. The molecule has 0 aromatic heterocycles. The molecule has 120 valence electrons. The molecule has 0 saturated heterocycles. The number of hydrogen-bond acceptors (Lipinski definition) is 3. The van der Waals surface area contributed by atoms with E-state index in [1.165, 1.54) is 5.56 Å². The molecule has 0 saturated carbocycles. The first-order valence-corrected chi connectivity index (χ1v) is 7.96. The maximum absolute atomic E-state index is 9.01. The minimum Gasteiger partial charge on any atom is -0.494 e. The van der Waals surface area contributed by atoms with E-state index in [9.17, 15) is 0 Å². The van der Waals surface area contributed by atoms with Crippen molar-refractivity contribution in [3.8, 4) is 5.75 Å². The molecule has 0 spiro atoms. The Hall–Kier alpha value is -1.06. The summed E-state index contributed by atoms with van der Waals surface area (Å²) < 4.78 is 5.71. The smallest absolute Gasteiger partial charge is 0.119 e. The standard InChI is InChI=1S/C18H31NO2/c1-15(2)9-12-21-17-7-5-16(6-8-17)13-19-14-18(3,4)10-11-20/h5-8,15,19-20H,9-14H2,1-4H3. The number of benzene rings is 1. The largest absolute Gasteiger partial charge is 0.494 e. The van der Waals surface area contributed by atoms with Crippen LogP contribution in [0.3, 0.4) is 0 Å². The van der Waals surface area contributed by atoms with Crippen molar-refractivity contribution in [2.75, 3.05) is 19.8 Å². The van der Waals surface area contributed by atoms with Crippen molar-refractivity contribution in [2.45, 2.75) is 47.1 Å². The predicted molar refractivity (Wildman–Crippen MR) is 88.6 cm³/mol. The van der Waals surface area contributed by atoms with Gasteiger partial charge in [0.05, 0.1) is 6.61 Å². The van der Waals surface area contributed by atoms with Crippen LogP contribution < -0.4 is 10.1 Å². The minimum absolute atomic E-state index is 0.134. The number of rotatable bonds is 10. The first-order chi connectivity index (χ1) is 9.93. The van der Waals surface area contributed by atoms with Gasteiger partial charge in [0.1, 0.15) is 5.75 Å². The van der Waals surface area contributed by atoms with E-state index in [1.54, 1.807) is 0 Å². The zero-order valence-corrected chi connectivity index (χ0v) is 14.0. The fraction of sp³-hybridized carbons (Fsp3) is 0.667. The normalized spacial score (nSPS) is 11.9. The van der Waals surface area contributed by atoms with E-state index in [-0.39, 0.29) is 12.0 Å². The zero-order chi connectivity index (χ0) is 15.7. The highest BCUT2D eigenvalue weighted by molar-refractivity contribution is 5.27. The van der Waals surface area contributed by atoms with Crippen LogP contribution in [-0.4, -0.2) is 24.9 Å². The van der Waals surface area contributed by atoms with Gasteiger partial charge in [0.25, 0.3) is 0 Å². The fourth-order valence-corrected chi connectivity index (χ4v) is 2.05. The molecule has 0 aliphatic carbocycles. The molecule has 0 bridgehead atoms. The van der Waals surface area contributed by atoms with E-state index in [0.29, 0.717) is 5.92 Å². The van der Waals surface area contributed by atoms with Crippen molar-refractivity contribution in [1.82, 2.24) is 5.32 Å². The molecule has 1 aromatic carbocycles. The minimum atomic E-state index is 0.134. The Labute approximate surface area is 129 Å². The Morgan fingerprint density at radius 2 is 1.86 bits per heavy atom. The van der Waals surface area contributed by atoms with E-state index in [0.717, 1.165) is 38.3 Å². The molecular weight excluding hydrogens is 262 g/mol. The van der Waals surface area contributed by atoms with Crippen LogP contribution in [0.1, 0.15) is 46.1 Å². The summed E-state index contributed by atoms with van der Waals surface area (Å²) in [4.78, 5) is 0. The number of aliphatic hydroxyl groups excluding tert-OH is 1. The highest BCUT2D eigenvalue weighted by Crippen LogP contribution is 2.18. The van der Waals surface area contributed by atoms with Crippen LogP contribution in [-0.2, 0) is 6.54 Å². The summed E-state index contributed by atoms with van der Waals surface area (Å²) in [5, 5.41) is 12.5. The molecule has 2 N–H and O–H groups in total. The molecule has 0 fully saturated rings. The van der Waals surface area contributed by atoms with Crippen LogP contribution in [0.2, 0.25) is 0 Å². The summed E-state index contributed by atoms with van der Waals surface area (Å²) in [5.41, 5.74) is 1.39. The summed E-state index contributed by atoms with van der Waals surface area (Å²) in [6.45, 7) is 11.5. The SMILES string of the molecule is CC(C)CCOc1ccc(CNCC(C)(C)CCO)cc1. The zero-order valence-electron chi connectivity index (χ0n) is 14.0. The Balaban J connectivity index is 2.31. The van der Waals surface area contributed by atoms with Gasteiger partial charge in [-0.2, -0.15) is 0 Å². The second-order valence-electron chi connectivity index (χ2n) is 6.92. The van der Waals surface area contributed by atoms with Gasteiger partial charge in [-0.05, 0) is 41.9 Å². The van der Waals surface area contributed by atoms with Crippen LogP contribution in [0.4, 0.5) is 0 Å². The predicted octanol–water partition coefficient (Wildman–Crippen LogP) is 3.61. The second kappa shape index (κ2) is 9.06. The van der Waals surface area contributed by atoms with Crippen LogP contribution in [0.25, 0.3) is 0 Å². The Kier molecular flexibility index (Phi) is 7.76. The van der Waals surface area contributed by atoms with Crippen molar-refractivity contribution in [3.05, 3.63) is 29.8 Å². The van der Waals surface area contributed by atoms with Gasteiger partial charge in [0, 0.05) is 19.7 Å². The van der Waals surface area contributed by atoms with Crippen molar-refractivity contribution < 1.29 is 9.84 Å². The highest BCUT2D eigenvalue weighted by atomic mass is 16.5. The summed E-state index contributed by atoms with van der Waals surface area (Å²) in [5.74, 6) is 1.62. The van der Waals surface area contributed by atoms with Gasteiger partial charge in [0.2, 0.25) is 0 Å². The maximum atomic E-state index is 9.01. The molecular formula is C18H31NO2. The molecule has 0 amide bonds. The number of hydrogen-bond donors (Lipinski definition) is 2. The van der Waals surface area contributed by atoms with Crippen LogP contribution >= 0.6 is 0 Å². The molecule has 0 atom stereocenters. The molecule has 1 rings (SSSR count). The van der Waals surface area contributed by atoms with Crippen molar-refractivity contribution >= 4 is 0 Å². The van der Waals surface area contributed by atoms with Gasteiger partial charge in [-0.15, -0.1) is 0 Å². The number of ether oxygens (including phenoxy) is 1. The first kappa shape index (κ1) is 18.0. The van der Waals surface area contributed by atoms with Crippen molar-refractivity contribution in [1.29, 1.82) is 0 Å². The third-order valence-electron chi connectivity index (χ3n) is 3.61. The quantitative estimate of drug-likeness (QED) is 0.692. The fourth-order valence-electron chi connectivity index (χ4n) is 2.05. The first-order valence-electron chi connectivity index (χ1n) is 7.96. The van der Waals surface area contributed by atoms with Gasteiger partial charge in [-0.25, -0.2) is 0 Å². The van der Waals surface area contributed by atoms with Crippen LogP contribution in [0.15, 0.2) is 24.3 Å². The molecule has 3 nitrogen and oxygen atoms in total. The summed E-state index contributed by atoms with van der Waals surface area (Å²) in [6.07, 6.45) is 1.91. The molecule has 21 heavy (non-hydrogen) atoms. The molecule has 1 aromatic rings. The van der Waals surface area contributed by atoms with Crippen molar-refractivity contribution in [2.24, 2.45) is 11.3 Å². The molecule has 0 aliphatic heterocycles. The van der Waals surface area contributed by atoms with Gasteiger partial charge < -0.3 is 15.2 Å². The lowest BCUT2D eigenvalue weighted by atomic mass is 9.90. The lowest BCUT2D eigenvalue weighted by Gasteiger charge is -2.24. The Bertz CT molecular complexity index is 385. The second-order valence-corrected chi connectivity index (χ2v) is 6.92. The van der Waals surface area contributed by atoms with Gasteiger partial charge in [-0.3, -0.25) is 0 Å². The number of nitrogens with one attached hydrogen (secondary N) is 1. The topological polar surface area (TPSA) is 41.5 Å². The van der Waals surface area contributed by atoms with Crippen LogP contribution in [0.5, 0.6) is 5.75 Å². The lowest BCUT2D eigenvalue weighted by molar-refractivity contribution is 0.207. The third-order valence-corrected chi connectivity index (χ3v) is 3.61. The van der Waals surface area contributed by atoms with Crippen molar-refractivity contribution in [3.63, 3.8) is 0 Å². The Morgan fingerprint density at radius 3 is 2.43 bits per heavy atom. The van der Waals surface area contributed by atoms with Gasteiger partial charge >= 0.3 is 0 Å². The van der Waals surface area contributed by atoms with E-state index in [4.69, 9.17) is 9.84 Å². The average Bonchev–Trinajstić information content (AvgIpc) is 2.40. The van der Waals surface area contributed by atoms with E-state index < -0.39 is 0 Å². The van der Waals surface area contributed by atoms with E-state index >= 15 is 0 Å². The summed E-state index contributed by atoms with van der Waals surface area (Å²) in [7, 11) is 0. The third kappa shape index (κ3) is 8.08. The number of aliphatic hydroxyl groups is 1. The molecule has 3 heteroatoms.